The van der Waals surface area contributed by atoms with Crippen LogP contribution in [0.15, 0.2) is 0 Å². The lowest BCUT2D eigenvalue weighted by molar-refractivity contribution is 0.0500. The lowest BCUT2D eigenvalue weighted by Gasteiger charge is -2.43. The minimum atomic E-state index is 0.744. The van der Waals surface area contributed by atoms with Gasteiger partial charge < -0.3 is 5.32 Å². The fourth-order valence-corrected chi connectivity index (χ4v) is 3.32. The molecule has 3 atom stereocenters. The number of nitrogens with one attached hydrogen (secondary N) is 1. The summed E-state index contributed by atoms with van der Waals surface area (Å²) in [6.45, 7) is 11.1. The molecule has 2 saturated heterocycles. The summed E-state index contributed by atoms with van der Waals surface area (Å²) in [7, 11) is 2.05. The zero-order valence-corrected chi connectivity index (χ0v) is 11.1. The summed E-state index contributed by atoms with van der Waals surface area (Å²) in [5.41, 5.74) is 0. The van der Waals surface area contributed by atoms with Crippen molar-refractivity contribution in [2.24, 2.45) is 5.92 Å². The van der Waals surface area contributed by atoms with Gasteiger partial charge in [0.15, 0.2) is 0 Å². The van der Waals surface area contributed by atoms with Gasteiger partial charge in [-0.3, -0.25) is 9.80 Å². The van der Waals surface area contributed by atoms with E-state index in [2.05, 4.69) is 36.0 Å². The first-order chi connectivity index (χ1) is 7.70. The zero-order valence-electron chi connectivity index (χ0n) is 11.1. The summed E-state index contributed by atoms with van der Waals surface area (Å²) in [4.78, 5) is 5.40. The molecular formula is C13H27N3. The predicted molar refractivity (Wildman–Crippen MR) is 68.7 cm³/mol. The summed E-state index contributed by atoms with van der Waals surface area (Å²) in [6.07, 6.45) is 2.83. The normalized spacial score (nSPS) is 33.9. The van der Waals surface area contributed by atoms with Crippen LogP contribution in [-0.4, -0.2) is 61.7 Å². The Morgan fingerprint density at radius 1 is 1.38 bits per heavy atom. The van der Waals surface area contributed by atoms with Gasteiger partial charge in [-0.2, -0.15) is 0 Å². The third-order valence-corrected chi connectivity index (χ3v) is 4.17. The summed E-state index contributed by atoms with van der Waals surface area (Å²) in [6, 6.07) is 1.60. The SMILES string of the molecule is CNCC(C)CN1CC2CCCN2CC1C. The maximum absolute atomic E-state index is 3.28. The Labute approximate surface area is 100 Å². The molecule has 0 amide bonds. The van der Waals surface area contributed by atoms with E-state index < -0.39 is 0 Å². The highest BCUT2D eigenvalue weighted by molar-refractivity contribution is 4.90. The van der Waals surface area contributed by atoms with Gasteiger partial charge in [-0.1, -0.05) is 6.92 Å². The average Bonchev–Trinajstić information content (AvgIpc) is 2.65. The Balaban J connectivity index is 1.84. The molecule has 2 heterocycles. The summed E-state index contributed by atoms with van der Waals surface area (Å²) < 4.78 is 0. The molecule has 3 nitrogen and oxygen atoms in total. The molecule has 0 aromatic rings. The lowest BCUT2D eigenvalue weighted by atomic mass is 10.0. The Bertz CT molecular complexity index is 219. The van der Waals surface area contributed by atoms with E-state index in [0.29, 0.717) is 0 Å². The molecule has 94 valence electrons. The highest BCUT2D eigenvalue weighted by Gasteiger charge is 2.34. The van der Waals surface area contributed by atoms with Gasteiger partial charge in [0, 0.05) is 31.7 Å². The van der Waals surface area contributed by atoms with Crippen molar-refractivity contribution >= 4 is 0 Å². The Morgan fingerprint density at radius 2 is 2.19 bits per heavy atom. The van der Waals surface area contributed by atoms with Gasteiger partial charge in [0.1, 0.15) is 0 Å². The van der Waals surface area contributed by atoms with Gasteiger partial charge in [-0.05, 0) is 45.8 Å². The minimum absolute atomic E-state index is 0.744. The van der Waals surface area contributed by atoms with E-state index in [1.165, 1.54) is 39.0 Å². The molecule has 1 N–H and O–H groups in total. The molecule has 2 rings (SSSR count). The van der Waals surface area contributed by atoms with Crippen molar-refractivity contribution in [3.05, 3.63) is 0 Å². The van der Waals surface area contributed by atoms with Crippen molar-refractivity contribution in [1.29, 1.82) is 0 Å². The maximum atomic E-state index is 3.28. The predicted octanol–water partition coefficient (Wildman–Crippen LogP) is 1.01. The molecular weight excluding hydrogens is 198 g/mol. The molecule has 2 fully saturated rings. The van der Waals surface area contributed by atoms with Crippen molar-refractivity contribution in [3.8, 4) is 0 Å². The van der Waals surface area contributed by atoms with Crippen molar-refractivity contribution in [1.82, 2.24) is 15.1 Å². The van der Waals surface area contributed by atoms with Gasteiger partial charge in [-0.15, -0.1) is 0 Å². The van der Waals surface area contributed by atoms with Gasteiger partial charge in [0.2, 0.25) is 0 Å². The van der Waals surface area contributed by atoms with E-state index in [1.54, 1.807) is 0 Å². The van der Waals surface area contributed by atoms with E-state index in [9.17, 15) is 0 Å². The van der Waals surface area contributed by atoms with E-state index in [1.807, 2.05) is 0 Å². The first-order valence-corrected chi connectivity index (χ1v) is 6.83. The van der Waals surface area contributed by atoms with Crippen LogP contribution in [0.5, 0.6) is 0 Å². The number of nitrogens with zero attached hydrogens (tertiary/aromatic N) is 2. The number of rotatable bonds is 4. The second-order valence-electron chi connectivity index (χ2n) is 5.76. The maximum Gasteiger partial charge on any atom is 0.0224 e. The standard InChI is InChI=1S/C13H27N3/c1-11(7-14-3)8-16-10-13-5-4-6-15(13)9-12(16)2/h11-14H,4-10H2,1-3H3. The number of hydrogen-bond donors (Lipinski definition) is 1. The van der Waals surface area contributed by atoms with Crippen molar-refractivity contribution in [2.75, 3.05) is 39.8 Å². The molecule has 0 radical (unpaired) electrons. The molecule has 0 spiro atoms. The largest absolute Gasteiger partial charge is 0.319 e. The summed E-state index contributed by atoms with van der Waals surface area (Å²) in [5, 5.41) is 3.28. The molecule has 0 saturated carbocycles. The van der Waals surface area contributed by atoms with Crippen LogP contribution in [-0.2, 0) is 0 Å². The topological polar surface area (TPSA) is 18.5 Å². The first-order valence-electron chi connectivity index (χ1n) is 6.83. The lowest BCUT2D eigenvalue weighted by Crippen LogP contribution is -2.56. The van der Waals surface area contributed by atoms with Crippen molar-refractivity contribution in [3.63, 3.8) is 0 Å². The number of piperazine rings is 1. The molecule has 2 aliphatic rings. The summed E-state index contributed by atoms with van der Waals surface area (Å²) >= 11 is 0. The molecule has 0 bridgehead atoms. The monoisotopic (exact) mass is 225 g/mol. The van der Waals surface area contributed by atoms with Crippen LogP contribution in [0.1, 0.15) is 26.7 Å². The Kier molecular flexibility index (Phi) is 4.22. The second-order valence-corrected chi connectivity index (χ2v) is 5.76. The van der Waals surface area contributed by atoms with Crippen LogP contribution < -0.4 is 5.32 Å². The van der Waals surface area contributed by atoms with Gasteiger partial charge >= 0.3 is 0 Å². The van der Waals surface area contributed by atoms with E-state index in [0.717, 1.165) is 24.5 Å². The fourth-order valence-electron chi connectivity index (χ4n) is 3.32. The molecule has 3 unspecified atom stereocenters. The third-order valence-electron chi connectivity index (χ3n) is 4.17. The highest BCUT2D eigenvalue weighted by atomic mass is 15.3. The fraction of sp³-hybridized carbons (Fsp3) is 1.00. The van der Waals surface area contributed by atoms with Crippen LogP contribution in [0, 0.1) is 5.92 Å². The Morgan fingerprint density at radius 3 is 2.94 bits per heavy atom. The third kappa shape index (κ3) is 2.76. The molecule has 0 aromatic carbocycles. The van der Waals surface area contributed by atoms with Gasteiger partial charge in [0.25, 0.3) is 0 Å². The summed E-state index contributed by atoms with van der Waals surface area (Å²) in [5.74, 6) is 0.764. The zero-order chi connectivity index (χ0) is 11.5. The molecule has 3 heteroatoms. The molecule has 0 aromatic heterocycles. The van der Waals surface area contributed by atoms with Crippen LogP contribution in [0.25, 0.3) is 0 Å². The van der Waals surface area contributed by atoms with Gasteiger partial charge in [-0.25, -0.2) is 0 Å². The van der Waals surface area contributed by atoms with Crippen LogP contribution in [0.2, 0.25) is 0 Å². The van der Waals surface area contributed by atoms with Gasteiger partial charge in [0.05, 0.1) is 0 Å². The molecule has 0 aliphatic carbocycles. The number of fused-ring (bicyclic) bond motifs is 1. The van der Waals surface area contributed by atoms with Crippen molar-refractivity contribution in [2.45, 2.75) is 38.8 Å². The highest BCUT2D eigenvalue weighted by Crippen LogP contribution is 2.24. The van der Waals surface area contributed by atoms with E-state index >= 15 is 0 Å². The molecule has 16 heavy (non-hydrogen) atoms. The Hall–Kier alpha value is -0.120. The van der Waals surface area contributed by atoms with Crippen molar-refractivity contribution < 1.29 is 0 Å². The molecule has 2 aliphatic heterocycles. The quantitative estimate of drug-likeness (QED) is 0.770. The van der Waals surface area contributed by atoms with Crippen LogP contribution in [0.4, 0.5) is 0 Å². The van der Waals surface area contributed by atoms with Crippen LogP contribution >= 0.6 is 0 Å². The number of hydrogen-bond acceptors (Lipinski definition) is 3. The average molecular weight is 225 g/mol. The van der Waals surface area contributed by atoms with E-state index in [4.69, 9.17) is 0 Å². The van der Waals surface area contributed by atoms with E-state index in [-0.39, 0.29) is 0 Å². The minimum Gasteiger partial charge on any atom is -0.319 e. The second kappa shape index (κ2) is 5.48. The first kappa shape index (κ1) is 12.3. The van der Waals surface area contributed by atoms with Crippen LogP contribution in [0.3, 0.4) is 0 Å². The smallest absolute Gasteiger partial charge is 0.0224 e.